The molecule has 2 heteroatoms. The van der Waals surface area contributed by atoms with Gasteiger partial charge in [0.1, 0.15) is 11.6 Å². The summed E-state index contributed by atoms with van der Waals surface area (Å²) in [5, 5.41) is 10.6. The van der Waals surface area contributed by atoms with Gasteiger partial charge in [0.2, 0.25) is 0 Å². The maximum absolute atomic E-state index is 14.0. The molecule has 0 fully saturated rings. The lowest BCUT2D eigenvalue weighted by molar-refractivity contribution is 0.474. The van der Waals surface area contributed by atoms with Crippen molar-refractivity contribution in [2.24, 2.45) is 0 Å². The minimum Gasteiger partial charge on any atom is -0.507 e. The first kappa shape index (κ1) is 15.0. The van der Waals surface area contributed by atoms with E-state index in [1.807, 2.05) is 61.5 Å². The van der Waals surface area contributed by atoms with Crippen LogP contribution in [-0.4, -0.2) is 5.11 Å². The molecule has 114 valence electrons. The third kappa shape index (κ3) is 3.02. The van der Waals surface area contributed by atoms with E-state index in [1.54, 1.807) is 12.2 Å². The summed E-state index contributed by atoms with van der Waals surface area (Å²) in [6.45, 7) is 1.84. The third-order valence-corrected chi connectivity index (χ3v) is 3.75. The first-order chi connectivity index (χ1) is 11.2. The van der Waals surface area contributed by atoms with Crippen LogP contribution in [0.3, 0.4) is 0 Å². The monoisotopic (exact) mass is 304 g/mol. The first-order valence-electron chi connectivity index (χ1n) is 7.50. The summed E-state index contributed by atoms with van der Waals surface area (Å²) in [5.41, 5.74) is 3.77. The van der Waals surface area contributed by atoms with Crippen molar-refractivity contribution in [3.63, 3.8) is 0 Å². The Morgan fingerprint density at radius 2 is 1.48 bits per heavy atom. The van der Waals surface area contributed by atoms with Gasteiger partial charge in [-0.1, -0.05) is 66.7 Å². The predicted octanol–water partition coefficient (Wildman–Crippen LogP) is 5.90. The van der Waals surface area contributed by atoms with Gasteiger partial charge >= 0.3 is 0 Å². The predicted molar refractivity (Wildman–Crippen MR) is 93.6 cm³/mol. The SMILES string of the molecule is C/C=C\c1cc(F)cc(-c2ccccc2-c2ccccc2)c1O. The van der Waals surface area contributed by atoms with E-state index >= 15 is 0 Å². The zero-order valence-electron chi connectivity index (χ0n) is 12.8. The lowest BCUT2D eigenvalue weighted by atomic mass is 9.93. The molecular formula is C21H17FO. The molecule has 0 aliphatic carbocycles. The summed E-state index contributed by atoms with van der Waals surface area (Å²) < 4.78 is 14.0. The number of phenols is 1. The van der Waals surface area contributed by atoms with Gasteiger partial charge in [-0.2, -0.15) is 0 Å². The van der Waals surface area contributed by atoms with Crippen LogP contribution in [0, 0.1) is 5.82 Å². The van der Waals surface area contributed by atoms with Gasteiger partial charge in [0.25, 0.3) is 0 Å². The fourth-order valence-electron chi connectivity index (χ4n) is 2.72. The minimum atomic E-state index is -0.367. The van der Waals surface area contributed by atoms with Crippen molar-refractivity contribution in [1.29, 1.82) is 0 Å². The van der Waals surface area contributed by atoms with Crippen LogP contribution < -0.4 is 0 Å². The van der Waals surface area contributed by atoms with Crippen LogP contribution in [0.2, 0.25) is 0 Å². The highest BCUT2D eigenvalue weighted by Crippen LogP contribution is 2.39. The Balaban J connectivity index is 2.25. The Labute approximate surface area is 135 Å². The third-order valence-electron chi connectivity index (χ3n) is 3.75. The Hall–Kier alpha value is -2.87. The lowest BCUT2D eigenvalue weighted by Crippen LogP contribution is -1.89. The van der Waals surface area contributed by atoms with Gasteiger partial charge in [-0.25, -0.2) is 4.39 Å². The number of benzene rings is 3. The molecule has 0 amide bonds. The summed E-state index contributed by atoms with van der Waals surface area (Å²) in [4.78, 5) is 0. The van der Waals surface area contributed by atoms with Crippen molar-refractivity contribution in [2.75, 3.05) is 0 Å². The van der Waals surface area contributed by atoms with Gasteiger partial charge in [0, 0.05) is 11.1 Å². The zero-order valence-corrected chi connectivity index (χ0v) is 12.8. The largest absolute Gasteiger partial charge is 0.507 e. The minimum absolute atomic E-state index is 0.0906. The lowest BCUT2D eigenvalue weighted by Gasteiger charge is -2.13. The van der Waals surface area contributed by atoms with E-state index in [2.05, 4.69) is 0 Å². The second-order valence-electron chi connectivity index (χ2n) is 5.30. The average Bonchev–Trinajstić information content (AvgIpc) is 2.59. The smallest absolute Gasteiger partial charge is 0.130 e. The fraction of sp³-hybridized carbons (Fsp3) is 0.0476. The Kier molecular flexibility index (Phi) is 4.24. The normalized spacial score (nSPS) is 11.0. The summed E-state index contributed by atoms with van der Waals surface area (Å²) in [7, 11) is 0. The molecule has 3 aromatic carbocycles. The van der Waals surface area contributed by atoms with Crippen LogP contribution in [0.5, 0.6) is 5.75 Å². The van der Waals surface area contributed by atoms with Crippen LogP contribution in [0.1, 0.15) is 12.5 Å². The van der Waals surface area contributed by atoms with Gasteiger partial charge in [-0.3, -0.25) is 0 Å². The van der Waals surface area contributed by atoms with Gasteiger partial charge in [-0.15, -0.1) is 0 Å². The van der Waals surface area contributed by atoms with Crippen molar-refractivity contribution >= 4 is 6.08 Å². The van der Waals surface area contributed by atoms with Crippen LogP contribution in [0.15, 0.2) is 72.8 Å². The van der Waals surface area contributed by atoms with Crippen molar-refractivity contribution in [2.45, 2.75) is 6.92 Å². The van der Waals surface area contributed by atoms with Gasteiger partial charge < -0.3 is 5.11 Å². The van der Waals surface area contributed by atoms with E-state index in [9.17, 15) is 9.50 Å². The topological polar surface area (TPSA) is 20.2 Å². The zero-order chi connectivity index (χ0) is 16.2. The van der Waals surface area contributed by atoms with E-state index < -0.39 is 0 Å². The van der Waals surface area contributed by atoms with Gasteiger partial charge in [0.05, 0.1) is 0 Å². The standard InChI is InChI=1S/C21H17FO/c1-2-8-16-13-17(22)14-20(21(16)23)19-12-7-6-11-18(19)15-9-4-3-5-10-15/h2-14,23H,1H3/b8-2-. The Bertz CT molecular complexity index is 851. The summed E-state index contributed by atoms with van der Waals surface area (Å²) in [5.74, 6) is -0.276. The highest BCUT2D eigenvalue weighted by Gasteiger charge is 2.14. The molecule has 0 atom stereocenters. The molecule has 1 nitrogen and oxygen atoms in total. The van der Waals surface area contributed by atoms with Gasteiger partial charge in [0.15, 0.2) is 0 Å². The molecule has 1 N–H and O–H groups in total. The maximum Gasteiger partial charge on any atom is 0.130 e. The molecule has 0 unspecified atom stereocenters. The number of phenolic OH excluding ortho intramolecular Hbond substituents is 1. The molecule has 0 heterocycles. The number of allylic oxidation sites excluding steroid dienone is 1. The van der Waals surface area contributed by atoms with E-state index in [1.165, 1.54) is 12.1 Å². The summed E-state index contributed by atoms with van der Waals surface area (Å²) in [6, 6.07) is 20.3. The summed E-state index contributed by atoms with van der Waals surface area (Å²) >= 11 is 0. The summed E-state index contributed by atoms with van der Waals surface area (Å²) in [6.07, 6.45) is 3.48. The number of hydrogen-bond acceptors (Lipinski definition) is 1. The number of aromatic hydroxyl groups is 1. The van der Waals surface area contributed by atoms with Crippen molar-refractivity contribution < 1.29 is 9.50 Å². The van der Waals surface area contributed by atoms with Crippen molar-refractivity contribution in [3.8, 4) is 28.0 Å². The maximum atomic E-state index is 14.0. The highest BCUT2D eigenvalue weighted by atomic mass is 19.1. The molecule has 3 rings (SSSR count). The average molecular weight is 304 g/mol. The number of rotatable bonds is 3. The highest BCUT2D eigenvalue weighted by molar-refractivity contribution is 5.87. The van der Waals surface area contributed by atoms with Crippen molar-refractivity contribution in [1.82, 2.24) is 0 Å². The molecule has 0 bridgehead atoms. The van der Waals surface area contributed by atoms with Crippen LogP contribution in [-0.2, 0) is 0 Å². The number of halogens is 1. The fourth-order valence-corrected chi connectivity index (χ4v) is 2.72. The van der Waals surface area contributed by atoms with Crippen LogP contribution in [0.25, 0.3) is 28.3 Å². The second kappa shape index (κ2) is 6.49. The molecule has 0 aliphatic rings. The molecule has 0 spiro atoms. The van der Waals surface area contributed by atoms with E-state index in [-0.39, 0.29) is 11.6 Å². The Morgan fingerprint density at radius 1 is 0.826 bits per heavy atom. The van der Waals surface area contributed by atoms with E-state index in [0.717, 1.165) is 16.7 Å². The van der Waals surface area contributed by atoms with Crippen LogP contribution >= 0.6 is 0 Å². The second-order valence-corrected chi connectivity index (χ2v) is 5.30. The van der Waals surface area contributed by atoms with Crippen molar-refractivity contribution in [3.05, 3.63) is 84.2 Å². The molecule has 23 heavy (non-hydrogen) atoms. The molecule has 0 aliphatic heterocycles. The molecule has 3 aromatic rings. The molecule has 0 saturated carbocycles. The van der Waals surface area contributed by atoms with E-state index in [0.29, 0.717) is 11.1 Å². The van der Waals surface area contributed by atoms with Gasteiger partial charge in [-0.05, 0) is 35.7 Å². The quantitative estimate of drug-likeness (QED) is 0.639. The molecule has 0 aromatic heterocycles. The van der Waals surface area contributed by atoms with E-state index in [4.69, 9.17) is 0 Å². The molecule has 0 saturated heterocycles. The molecular weight excluding hydrogens is 287 g/mol. The first-order valence-corrected chi connectivity index (χ1v) is 7.50. The Morgan fingerprint density at radius 3 is 2.17 bits per heavy atom. The number of hydrogen-bond donors (Lipinski definition) is 1. The van der Waals surface area contributed by atoms with Crippen LogP contribution in [0.4, 0.5) is 4.39 Å². The molecule has 0 radical (unpaired) electrons.